The average Bonchev–Trinajstić information content (AvgIpc) is 3.23. The second kappa shape index (κ2) is 8.61. The highest BCUT2D eigenvalue weighted by atomic mass is 32.2. The van der Waals surface area contributed by atoms with E-state index in [0.717, 1.165) is 5.56 Å². The molecule has 3 aromatic carbocycles. The number of oxazole rings is 1. The van der Waals surface area contributed by atoms with Crippen molar-refractivity contribution in [3.05, 3.63) is 90.2 Å². The van der Waals surface area contributed by atoms with E-state index in [-0.39, 0.29) is 27.3 Å². The van der Waals surface area contributed by atoms with Gasteiger partial charge >= 0.3 is 0 Å². The number of sulfone groups is 1. The molecule has 0 unspecified atom stereocenters. The van der Waals surface area contributed by atoms with Crippen LogP contribution in [-0.4, -0.2) is 20.5 Å². The van der Waals surface area contributed by atoms with Gasteiger partial charge in [-0.15, -0.1) is 0 Å². The summed E-state index contributed by atoms with van der Waals surface area (Å²) in [6, 6.07) is 21.2. The topological polar surface area (TPSA) is 81.4 Å². The van der Waals surface area contributed by atoms with Gasteiger partial charge < -0.3 is 14.5 Å². The molecule has 0 bridgehead atoms. The number of ether oxygens (including phenoxy) is 1. The normalized spacial score (nSPS) is 11.3. The minimum atomic E-state index is -4.04. The van der Waals surface area contributed by atoms with E-state index in [1.807, 2.05) is 30.3 Å². The Kier molecular flexibility index (Phi) is 5.73. The predicted molar refractivity (Wildman–Crippen MR) is 114 cm³/mol. The SMILES string of the molecule is COc1ccc(S(=O)(=O)c2nc(-c3ccccc3F)oc2NCc2ccccc2)cc1. The number of benzene rings is 3. The van der Waals surface area contributed by atoms with E-state index >= 15 is 0 Å². The molecule has 8 heteroatoms. The van der Waals surface area contributed by atoms with Gasteiger partial charge in [0.25, 0.3) is 0 Å². The Bertz CT molecular complexity index is 1290. The monoisotopic (exact) mass is 438 g/mol. The summed E-state index contributed by atoms with van der Waals surface area (Å²) in [4.78, 5) is 4.17. The van der Waals surface area contributed by atoms with Gasteiger partial charge in [-0.3, -0.25) is 0 Å². The van der Waals surface area contributed by atoms with E-state index < -0.39 is 15.7 Å². The summed E-state index contributed by atoms with van der Waals surface area (Å²) in [5.41, 5.74) is 0.987. The molecule has 0 spiro atoms. The van der Waals surface area contributed by atoms with Crippen molar-refractivity contribution in [1.82, 2.24) is 4.98 Å². The van der Waals surface area contributed by atoms with E-state index in [0.29, 0.717) is 12.3 Å². The van der Waals surface area contributed by atoms with Crippen LogP contribution in [0.3, 0.4) is 0 Å². The van der Waals surface area contributed by atoms with Crippen LogP contribution in [0.15, 0.2) is 93.2 Å². The largest absolute Gasteiger partial charge is 0.497 e. The first-order valence-corrected chi connectivity index (χ1v) is 10.9. The standard InChI is InChI=1S/C23H19FN2O4S/c1-29-17-11-13-18(14-12-17)31(27,28)23-22(25-15-16-7-3-2-4-8-16)30-21(26-23)19-9-5-6-10-20(19)24/h2-14,25H,15H2,1H3. The molecule has 6 nitrogen and oxygen atoms in total. The van der Waals surface area contributed by atoms with E-state index in [2.05, 4.69) is 10.3 Å². The highest BCUT2D eigenvalue weighted by Crippen LogP contribution is 2.34. The van der Waals surface area contributed by atoms with Gasteiger partial charge in [-0.25, -0.2) is 12.8 Å². The minimum absolute atomic E-state index is 0.0180. The van der Waals surface area contributed by atoms with E-state index in [1.165, 1.54) is 37.4 Å². The first kappa shape index (κ1) is 20.6. The molecule has 4 aromatic rings. The summed E-state index contributed by atoms with van der Waals surface area (Å²) in [5.74, 6) is -0.223. The van der Waals surface area contributed by atoms with Gasteiger partial charge in [0.2, 0.25) is 26.6 Å². The molecule has 0 radical (unpaired) electrons. The van der Waals surface area contributed by atoms with Gasteiger partial charge in [0.15, 0.2) is 0 Å². The number of nitrogens with zero attached hydrogens (tertiary/aromatic N) is 1. The third kappa shape index (κ3) is 4.29. The van der Waals surface area contributed by atoms with Crippen molar-refractivity contribution in [2.24, 2.45) is 0 Å². The lowest BCUT2D eigenvalue weighted by molar-refractivity contribution is 0.414. The lowest BCUT2D eigenvalue weighted by Crippen LogP contribution is -2.07. The zero-order valence-electron chi connectivity index (χ0n) is 16.6. The maximum Gasteiger partial charge on any atom is 0.234 e. The Morgan fingerprint density at radius 2 is 1.65 bits per heavy atom. The Balaban J connectivity index is 1.77. The van der Waals surface area contributed by atoms with Crippen LogP contribution in [0.4, 0.5) is 10.3 Å². The van der Waals surface area contributed by atoms with Crippen LogP contribution in [0.25, 0.3) is 11.5 Å². The first-order chi connectivity index (χ1) is 15.0. The zero-order chi connectivity index (χ0) is 21.8. The van der Waals surface area contributed by atoms with Crippen LogP contribution >= 0.6 is 0 Å². The molecule has 0 fully saturated rings. The predicted octanol–water partition coefficient (Wildman–Crippen LogP) is 4.93. The molecule has 0 atom stereocenters. The van der Waals surface area contributed by atoms with Crippen LogP contribution in [0.1, 0.15) is 5.56 Å². The number of aromatic nitrogens is 1. The molecule has 0 saturated heterocycles. The van der Waals surface area contributed by atoms with Crippen LogP contribution in [0.2, 0.25) is 0 Å². The fourth-order valence-electron chi connectivity index (χ4n) is 2.99. The molecular weight excluding hydrogens is 419 g/mol. The Hall–Kier alpha value is -3.65. The lowest BCUT2D eigenvalue weighted by atomic mass is 10.2. The third-order valence-electron chi connectivity index (χ3n) is 4.62. The molecule has 0 aliphatic heterocycles. The summed E-state index contributed by atoms with van der Waals surface area (Å²) >= 11 is 0. The van der Waals surface area contributed by atoms with E-state index in [1.54, 1.807) is 18.2 Å². The molecule has 0 aliphatic carbocycles. The van der Waals surface area contributed by atoms with Gasteiger partial charge in [0, 0.05) is 6.54 Å². The van der Waals surface area contributed by atoms with Gasteiger partial charge in [0.1, 0.15) is 11.6 Å². The number of methoxy groups -OCH3 is 1. The van der Waals surface area contributed by atoms with Crippen molar-refractivity contribution < 1.29 is 22.0 Å². The summed E-state index contributed by atoms with van der Waals surface area (Å²) in [6.45, 7) is 0.303. The summed E-state index contributed by atoms with van der Waals surface area (Å²) in [7, 11) is -2.55. The molecule has 1 aromatic heterocycles. The van der Waals surface area contributed by atoms with E-state index in [4.69, 9.17) is 9.15 Å². The number of hydrogen-bond acceptors (Lipinski definition) is 6. The molecule has 0 saturated carbocycles. The zero-order valence-corrected chi connectivity index (χ0v) is 17.4. The number of nitrogens with one attached hydrogen (secondary N) is 1. The lowest BCUT2D eigenvalue weighted by Gasteiger charge is -2.07. The van der Waals surface area contributed by atoms with Crippen molar-refractivity contribution in [3.8, 4) is 17.2 Å². The first-order valence-electron chi connectivity index (χ1n) is 9.41. The maximum atomic E-state index is 14.3. The van der Waals surface area contributed by atoms with Crippen molar-refractivity contribution in [3.63, 3.8) is 0 Å². The fraction of sp³-hybridized carbons (Fsp3) is 0.0870. The highest BCUT2D eigenvalue weighted by Gasteiger charge is 2.29. The number of halogens is 1. The Morgan fingerprint density at radius 3 is 2.32 bits per heavy atom. The smallest absolute Gasteiger partial charge is 0.234 e. The van der Waals surface area contributed by atoms with Crippen LogP contribution in [-0.2, 0) is 16.4 Å². The average molecular weight is 438 g/mol. The van der Waals surface area contributed by atoms with Gasteiger partial charge in [-0.05, 0) is 42.0 Å². The molecule has 0 amide bonds. The van der Waals surface area contributed by atoms with Crippen molar-refractivity contribution in [2.75, 3.05) is 12.4 Å². The second-order valence-corrected chi connectivity index (χ2v) is 8.52. The second-order valence-electron chi connectivity index (χ2n) is 6.65. The molecule has 4 rings (SSSR count). The maximum absolute atomic E-state index is 14.3. The molecule has 158 valence electrons. The number of anilines is 1. The fourth-order valence-corrected chi connectivity index (χ4v) is 4.27. The Morgan fingerprint density at radius 1 is 0.968 bits per heavy atom. The summed E-state index contributed by atoms with van der Waals surface area (Å²) in [6.07, 6.45) is 0. The molecule has 1 heterocycles. The van der Waals surface area contributed by atoms with Crippen molar-refractivity contribution >= 4 is 15.7 Å². The van der Waals surface area contributed by atoms with Gasteiger partial charge in [0.05, 0.1) is 17.6 Å². The third-order valence-corrected chi connectivity index (χ3v) is 6.30. The highest BCUT2D eigenvalue weighted by molar-refractivity contribution is 7.91. The quantitative estimate of drug-likeness (QED) is 0.440. The minimum Gasteiger partial charge on any atom is -0.497 e. The van der Waals surface area contributed by atoms with Crippen LogP contribution < -0.4 is 10.1 Å². The molecule has 1 N–H and O–H groups in total. The molecular formula is C23H19FN2O4S. The number of rotatable bonds is 7. The van der Waals surface area contributed by atoms with Crippen molar-refractivity contribution in [2.45, 2.75) is 16.5 Å². The van der Waals surface area contributed by atoms with Crippen LogP contribution in [0, 0.1) is 5.82 Å². The summed E-state index contributed by atoms with van der Waals surface area (Å²) < 4.78 is 51.7. The van der Waals surface area contributed by atoms with Gasteiger partial charge in [-0.2, -0.15) is 4.98 Å². The van der Waals surface area contributed by atoms with Gasteiger partial charge in [-0.1, -0.05) is 42.5 Å². The van der Waals surface area contributed by atoms with Crippen molar-refractivity contribution in [1.29, 1.82) is 0 Å². The number of hydrogen-bond donors (Lipinski definition) is 1. The molecule has 0 aliphatic rings. The molecule has 31 heavy (non-hydrogen) atoms. The van der Waals surface area contributed by atoms with Crippen LogP contribution in [0.5, 0.6) is 5.75 Å². The van der Waals surface area contributed by atoms with E-state index in [9.17, 15) is 12.8 Å². The summed E-state index contributed by atoms with van der Waals surface area (Å²) in [5, 5.41) is 2.67. The Labute approximate surface area is 179 Å².